The molecule has 4 aliphatic heterocycles. The normalized spacial score (nSPS) is 34.0. The molecule has 0 amide bonds. The van der Waals surface area contributed by atoms with Gasteiger partial charge in [0.1, 0.15) is 0 Å². The lowest BCUT2D eigenvalue weighted by molar-refractivity contribution is -0.163. The molecule has 3 fully saturated rings. The summed E-state index contributed by atoms with van der Waals surface area (Å²) in [6.45, 7) is 2.37. The fourth-order valence-corrected chi connectivity index (χ4v) is 5.47. The van der Waals surface area contributed by atoms with Crippen molar-refractivity contribution in [3.63, 3.8) is 0 Å². The molecule has 5 heteroatoms. The Morgan fingerprint density at radius 1 is 1.10 bits per heavy atom. The molecule has 0 spiro atoms. The number of ether oxygens (including phenoxy) is 2. The predicted molar refractivity (Wildman–Crippen MR) is 108 cm³/mol. The summed E-state index contributed by atoms with van der Waals surface area (Å²) in [5.74, 6) is -0.530. The third-order valence-corrected chi connectivity index (χ3v) is 6.76. The van der Waals surface area contributed by atoms with Crippen LogP contribution in [-0.4, -0.2) is 42.7 Å². The number of aryl methyl sites for hydroxylation is 1. The van der Waals surface area contributed by atoms with Gasteiger partial charge < -0.3 is 14.4 Å². The number of fused-ring (bicyclic) bond motifs is 8. The molecule has 4 heterocycles. The van der Waals surface area contributed by atoms with E-state index >= 15 is 0 Å². The van der Waals surface area contributed by atoms with E-state index in [-0.39, 0.29) is 35.5 Å². The minimum absolute atomic E-state index is 0.0364. The van der Waals surface area contributed by atoms with Crippen molar-refractivity contribution in [3.05, 3.63) is 71.3 Å². The second-order valence-electron chi connectivity index (χ2n) is 8.34. The van der Waals surface area contributed by atoms with Gasteiger partial charge in [-0.2, -0.15) is 0 Å². The molecule has 0 unspecified atom stereocenters. The Balaban J connectivity index is 1.52. The Kier molecular flexibility index (Phi) is 3.61. The van der Waals surface area contributed by atoms with E-state index in [1.54, 1.807) is 0 Å². The summed E-state index contributed by atoms with van der Waals surface area (Å²) >= 11 is 0. The number of carbonyl (C=O) groups is 2. The maximum absolute atomic E-state index is 13.8. The van der Waals surface area contributed by atoms with Crippen LogP contribution in [0.3, 0.4) is 0 Å². The third-order valence-electron chi connectivity index (χ3n) is 6.76. The van der Waals surface area contributed by atoms with E-state index in [1.807, 2.05) is 55.5 Å². The van der Waals surface area contributed by atoms with E-state index in [0.717, 1.165) is 16.8 Å². The van der Waals surface area contributed by atoms with E-state index in [1.165, 1.54) is 0 Å². The molecule has 5 nitrogen and oxygen atoms in total. The largest absolute Gasteiger partial charge is 0.353 e. The van der Waals surface area contributed by atoms with Crippen LogP contribution in [0.4, 0.5) is 5.69 Å². The van der Waals surface area contributed by atoms with Gasteiger partial charge in [0.15, 0.2) is 11.6 Å². The standard InChI is InChI=1S/C24H21NO4/c1-13-6-8-15(9-7-13)22(26)21-20-18-12-28-24(29-18)23(27)19(20)17-11-10-14-4-2-3-5-16(14)25(17)21/h2-11,17-21,24H,12H2,1H3/t17-,18-,19-,20+,21+,24-/m1/s1. The predicted octanol–water partition coefficient (Wildman–Crippen LogP) is 3.02. The molecule has 2 bridgehead atoms. The second kappa shape index (κ2) is 6.12. The van der Waals surface area contributed by atoms with Gasteiger partial charge in [-0.1, -0.05) is 60.2 Å². The topological polar surface area (TPSA) is 55.8 Å². The zero-order chi connectivity index (χ0) is 19.7. The first-order chi connectivity index (χ1) is 14.1. The molecule has 0 aliphatic carbocycles. The van der Waals surface area contributed by atoms with Crippen LogP contribution in [0.15, 0.2) is 54.6 Å². The molecule has 0 N–H and O–H groups in total. The number of rotatable bonds is 2. The van der Waals surface area contributed by atoms with Crippen LogP contribution in [0.1, 0.15) is 21.5 Å². The molecule has 146 valence electrons. The minimum Gasteiger partial charge on any atom is -0.353 e. The average Bonchev–Trinajstić information content (AvgIpc) is 3.33. The van der Waals surface area contributed by atoms with Gasteiger partial charge in [-0.25, -0.2) is 0 Å². The number of hydrogen-bond acceptors (Lipinski definition) is 5. The first-order valence-electron chi connectivity index (χ1n) is 10.1. The highest BCUT2D eigenvalue weighted by atomic mass is 16.7. The number of anilines is 1. The van der Waals surface area contributed by atoms with Crippen molar-refractivity contribution in [3.8, 4) is 0 Å². The van der Waals surface area contributed by atoms with Crippen LogP contribution >= 0.6 is 0 Å². The average molecular weight is 387 g/mol. The molecule has 2 aromatic carbocycles. The Bertz CT molecular complexity index is 1040. The van der Waals surface area contributed by atoms with Crippen molar-refractivity contribution in [2.24, 2.45) is 11.8 Å². The van der Waals surface area contributed by atoms with Crippen LogP contribution in [0.25, 0.3) is 6.08 Å². The third kappa shape index (κ3) is 2.35. The van der Waals surface area contributed by atoms with Crippen molar-refractivity contribution in [1.82, 2.24) is 0 Å². The Morgan fingerprint density at radius 2 is 1.90 bits per heavy atom. The summed E-state index contributed by atoms with van der Waals surface area (Å²) < 4.78 is 11.5. The molecule has 3 saturated heterocycles. The monoisotopic (exact) mass is 387 g/mol. The Hall–Kier alpha value is -2.76. The first kappa shape index (κ1) is 17.1. The number of para-hydroxylation sites is 1. The van der Waals surface area contributed by atoms with E-state index in [0.29, 0.717) is 12.2 Å². The van der Waals surface area contributed by atoms with E-state index in [4.69, 9.17) is 9.47 Å². The number of carbonyl (C=O) groups excluding carboxylic acids is 2. The van der Waals surface area contributed by atoms with E-state index in [9.17, 15) is 9.59 Å². The molecule has 0 radical (unpaired) electrons. The highest BCUT2D eigenvalue weighted by molar-refractivity contribution is 6.05. The van der Waals surface area contributed by atoms with Gasteiger partial charge in [-0.3, -0.25) is 9.59 Å². The van der Waals surface area contributed by atoms with Crippen LogP contribution < -0.4 is 4.90 Å². The lowest BCUT2D eigenvalue weighted by Gasteiger charge is -2.35. The lowest BCUT2D eigenvalue weighted by Crippen LogP contribution is -2.48. The fraction of sp³-hybridized carbons (Fsp3) is 0.333. The fourth-order valence-electron chi connectivity index (χ4n) is 5.47. The zero-order valence-electron chi connectivity index (χ0n) is 16.0. The molecule has 29 heavy (non-hydrogen) atoms. The van der Waals surface area contributed by atoms with Crippen LogP contribution in [0.5, 0.6) is 0 Å². The van der Waals surface area contributed by atoms with Gasteiger partial charge in [0, 0.05) is 17.2 Å². The van der Waals surface area contributed by atoms with Crippen molar-refractivity contribution in [2.45, 2.75) is 31.4 Å². The highest BCUT2D eigenvalue weighted by Gasteiger charge is 2.63. The van der Waals surface area contributed by atoms with E-state index in [2.05, 4.69) is 17.1 Å². The number of Topliss-reactive ketones (excluding diaryl/α,β-unsaturated/α-hetero) is 2. The summed E-state index contributed by atoms with van der Waals surface area (Å²) in [5, 5.41) is 0. The summed E-state index contributed by atoms with van der Waals surface area (Å²) in [6, 6.07) is 15.1. The first-order valence-corrected chi connectivity index (χ1v) is 10.1. The van der Waals surface area contributed by atoms with Gasteiger partial charge >= 0.3 is 0 Å². The Morgan fingerprint density at radius 3 is 2.72 bits per heavy atom. The molecule has 2 aromatic rings. The van der Waals surface area contributed by atoms with Gasteiger partial charge in [-0.05, 0) is 18.6 Å². The number of nitrogens with zero attached hydrogens (tertiary/aromatic N) is 1. The van der Waals surface area contributed by atoms with Gasteiger partial charge in [0.2, 0.25) is 6.29 Å². The summed E-state index contributed by atoms with van der Waals surface area (Å²) in [6.07, 6.45) is 3.11. The van der Waals surface area contributed by atoms with E-state index < -0.39 is 12.3 Å². The minimum atomic E-state index is -0.790. The van der Waals surface area contributed by atoms with Crippen molar-refractivity contribution in [1.29, 1.82) is 0 Å². The second-order valence-corrected chi connectivity index (χ2v) is 8.34. The summed E-state index contributed by atoms with van der Waals surface area (Å²) in [7, 11) is 0. The van der Waals surface area contributed by atoms with Crippen molar-refractivity contribution in [2.75, 3.05) is 11.5 Å². The smallest absolute Gasteiger partial charge is 0.218 e. The number of ketones is 2. The van der Waals surface area contributed by atoms with Gasteiger partial charge in [0.05, 0.1) is 30.7 Å². The van der Waals surface area contributed by atoms with Gasteiger partial charge in [0.25, 0.3) is 0 Å². The molecule has 4 aliphatic rings. The quantitative estimate of drug-likeness (QED) is 0.742. The number of hydrogen-bond donors (Lipinski definition) is 0. The van der Waals surface area contributed by atoms with Crippen LogP contribution in [0, 0.1) is 18.8 Å². The van der Waals surface area contributed by atoms with Gasteiger partial charge in [-0.15, -0.1) is 0 Å². The lowest BCUT2D eigenvalue weighted by atomic mass is 9.77. The maximum atomic E-state index is 13.8. The summed E-state index contributed by atoms with van der Waals surface area (Å²) in [5.41, 5.74) is 3.85. The molecular weight excluding hydrogens is 366 g/mol. The highest BCUT2D eigenvalue weighted by Crippen LogP contribution is 2.50. The molecule has 0 aromatic heterocycles. The zero-order valence-corrected chi connectivity index (χ0v) is 16.0. The number of benzene rings is 2. The summed E-state index contributed by atoms with van der Waals surface area (Å²) in [4.78, 5) is 29.1. The Labute approximate surface area is 168 Å². The maximum Gasteiger partial charge on any atom is 0.218 e. The molecular formula is C24H21NO4. The van der Waals surface area contributed by atoms with Crippen molar-refractivity contribution < 1.29 is 19.1 Å². The van der Waals surface area contributed by atoms with Crippen molar-refractivity contribution >= 4 is 23.3 Å². The van der Waals surface area contributed by atoms with Crippen LogP contribution in [-0.2, 0) is 14.3 Å². The van der Waals surface area contributed by atoms with Crippen LogP contribution in [0.2, 0.25) is 0 Å². The molecule has 6 rings (SSSR count). The SMILES string of the molecule is Cc1ccc(C(=O)[C@@H]2[C@@H]3[C@H](C(=O)[C@@H]4OC[C@H]3O4)[C@H]3C=Cc4ccccc4N32)cc1. The molecule has 0 saturated carbocycles. The molecule has 6 atom stereocenters.